The highest BCUT2D eigenvalue weighted by molar-refractivity contribution is 7.10. The lowest BCUT2D eigenvalue weighted by atomic mass is 9.81. The molecule has 2 aliphatic rings. The van der Waals surface area contributed by atoms with E-state index in [1.54, 1.807) is 11.3 Å². The SMILES string of the molecule is CN(C)c1ccc(C2Nc3ccccc3NC3=C2C(=O)CC(c2cccs2)C3)cc1. The van der Waals surface area contributed by atoms with Crippen molar-refractivity contribution in [3.05, 3.63) is 87.8 Å². The molecule has 152 valence electrons. The summed E-state index contributed by atoms with van der Waals surface area (Å²) in [7, 11) is 4.07. The average molecular weight is 416 g/mol. The van der Waals surface area contributed by atoms with Gasteiger partial charge >= 0.3 is 0 Å². The molecule has 0 bridgehead atoms. The number of rotatable bonds is 3. The Morgan fingerprint density at radius 2 is 1.70 bits per heavy atom. The number of thiophene rings is 1. The van der Waals surface area contributed by atoms with Crippen molar-refractivity contribution in [1.82, 2.24) is 0 Å². The molecule has 2 N–H and O–H groups in total. The van der Waals surface area contributed by atoms with E-state index >= 15 is 0 Å². The minimum absolute atomic E-state index is 0.163. The van der Waals surface area contributed by atoms with E-state index in [2.05, 4.69) is 69.4 Å². The number of nitrogens with one attached hydrogen (secondary N) is 2. The molecule has 0 fully saturated rings. The van der Waals surface area contributed by atoms with Crippen LogP contribution in [0.4, 0.5) is 17.1 Å². The Balaban J connectivity index is 1.59. The molecule has 2 unspecified atom stereocenters. The van der Waals surface area contributed by atoms with Crippen molar-refractivity contribution in [1.29, 1.82) is 0 Å². The second-order valence-electron chi connectivity index (χ2n) is 8.17. The lowest BCUT2D eigenvalue weighted by Gasteiger charge is -2.29. The Kier molecular flexibility index (Phi) is 4.83. The second kappa shape index (κ2) is 7.65. The average Bonchev–Trinajstić information content (AvgIpc) is 3.23. The number of carbonyl (C=O) groups is 1. The van der Waals surface area contributed by atoms with Crippen LogP contribution in [0.25, 0.3) is 0 Å². The van der Waals surface area contributed by atoms with Gasteiger partial charge in [0.15, 0.2) is 5.78 Å². The van der Waals surface area contributed by atoms with Gasteiger partial charge in [-0.2, -0.15) is 0 Å². The zero-order valence-electron chi connectivity index (χ0n) is 17.2. The first-order valence-electron chi connectivity index (χ1n) is 10.3. The van der Waals surface area contributed by atoms with E-state index in [9.17, 15) is 4.79 Å². The van der Waals surface area contributed by atoms with Gasteiger partial charge in [0, 0.05) is 48.3 Å². The number of carbonyl (C=O) groups excluding carboxylic acids is 1. The Bertz CT molecular complexity index is 1100. The molecule has 1 aromatic heterocycles. The number of para-hydroxylation sites is 2. The second-order valence-corrected chi connectivity index (χ2v) is 9.15. The van der Waals surface area contributed by atoms with Crippen LogP contribution in [0.3, 0.4) is 0 Å². The highest BCUT2D eigenvalue weighted by atomic mass is 32.1. The largest absolute Gasteiger partial charge is 0.378 e. The maximum Gasteiger partial charge on any atom is 0.163 e. The molecule has 3 aromatic rings. The van der Waals surface area contributed by atoms with Crippen molar-refractivity contribution in [3.63, 3.8) is 0 Å². The van der Waals surface area contributed by atoms with E-state index in [0.717, 1.165) is 40.3 Å². The van der Waals surface area contributed by atoms with Crippen molar-refractivity contribution >= 4 is 34.2 Å². The molecule has 1 aliphatic carbocycles. The molecule has 2 atom stereocenters. The molecule has 5 heteroatoms. The third kappa shape index (κ3) is 3.39. The summed E-state index contributed by atoms with van der Waals surface area (Å²) in [5.41, 5.74) is 6.22. The summed E-state index contributed by atoms with van der Waals surface area (Å²) >= 11 is 1.74. The monoisotopic (exact) mass is 415 g/mol. The molecule has 0 saturated heterocycles. The molecule has 2 heterocycles. The van der Waals surface area contributed by atoms with Crippen LogP contribution < -0.4 is 15.5 Å². The normalized spacial score (nSPS) is 20.5. The van der Waals surface area contributed by atoms with Crippen molar-refractivity contribution in [2.75, 3.05) is 29.6 Å². The third-order valence-electron chi connectivity index (χ3n) is 6.00. The van der Waals surface area contributed by atoms with Crippen LogP contribution >= 0.6 is 11.3 Å². The van der Waals surface area contributed by atoms with Gasteiger partial charge < -0.3 is 15.5 Å². The summed E-state index contributed by atoms with van der Waals surface area (Å²) in [6.07, 6.45) is 1.41. The Morgan fingerprint density at radius 1 is 0.933 bits per heavy atom. The number of fused-ring (bicyclic) bond motifs is 1. The number of nitrogens with zero attached hydrogens (tertiary/aromatic N) is 1. The summed E-state index contributed by atoms with van der Waals surface area (Å²) in [6.45, 7) is 0. The summed E-state index contributed by atoms with van der Waals surface area (Å²) < 4.78 is 0. The number of hydrogen-bond acceptors (Lipinski definition) is 5. The van der Waals surface area contributed by atoms with Gasteiger partial charge in [-0.15, -0.1) is 11.3 Å². The minimum atomic E-state index is -0.163. The van der Waals surface area contributed by atoms with Gasteiger partial charge in [0.1, 0.15) is 0 Å². The van der Waals surface area contributed by atoms with E-state index < -0.39 is 0 Å². The maximum atomic E-state index is 13.5. The first-order valence-corrected chi connectivity index (χ1v) is 11.2. The molecule has 30 heavy (non-hydrogen) atoms. The van der Waals surface area contributed by atoms with Crippen LogP contribution in [0, 0.1) is 0 Å². The fourth-order valence-electron chi connectivity index (χ4n) is 4.43. The predicted octanol–water partition coefficient (Wildman–Crippen LogP) is 5.79. The molecule has 0 radical (unpaired) electrons. The molecule has 0 spiro atoms. The number of benzene rings is 2. The van der Waals surface area contributed by atoms with E-state index in [-0.39, 0.29) is 17.7 Å². The van der Waals surface area contributed by atoms with Gasteiger partial charge in [0.05, 0.1) is 17.4 Å². The van der Waals surface area contributed by atoms with E-state index in [1.807, 2.05) is 26.2 Å². The molecule has 5 rings (SSSR count). The fraction of sp³-hybridized carbons (Fsp3) is 0.240. The molecule has 0 saturated carbocycles. The summed E-state index contributed by atoms with van der Waals surface area (Å²) in [4.78, 5) is 16.8. The van der Waals surface area contributed by atoms with E-state index in [0.29, 0.717) is 6.42 Å². The Labute approximate surface area is 181 Å². The smallest absolute Gasteiger partial charge is 0.163 e. The topological polar surface area (TPSA) is 44.4 Å². The molecular weight excluding hydrogens is 390 g/mol. The molecular formula is C25H25N3OS. The lowest BCUT2D eigenvalue weighted by Crippen LogP contribution is -2.26. The predicted molar refractivity (Wildman–Crippen MR) is 126 cm³/mol. The van der Waals surface area contributed by atoms with Crippen molar-refractivity contribution < 1.29 is 4.79 Å². The molecule has 0 amide bonds. The number of allylic oxidation sites excluding steroid dienone is 1. The number of hydrogen-bond donors (Lipinski definition) is 2. The van der Waals surface area contributed by atoms with E-state index in [1.165, 1.54) is 4.88 Å². The van der Waals surface area contributed by atoms with Gasteiger partial charge in [0.25, 0.3) is 0 Å². The highest BCUT2D eigenvalue weighted by Crippen LogP contribution is 2.44. The maximum absolute atomic E-state index is 13.5. The van der Waals surface area contributed by atoms with Gasteiger partial charge in [-0.25, -0.2) is 0 Å². The summed E-state index contributed by atoms with van der Waals surface area (Å²) in [6, 6.07) is 20.7. The first-order chi connectivity index (χ1) is 14.6. The lowest BCUT2D eigenvalue weighted by molar-refractivity contribution is -0.116. The Morgan fingerprint density at radius 3 is 2.40 bits per heavy atom. The van der Waals surface area contributed by atoms with Gasteiger partial charge in [-0.3, -0.25) is 4.79 Å². The van der Waals surface area contributed by atoms with Gasteiger partial charge in [0.2, 0.25) is 0 Å². The van der Waals surface area contributed by atoms with Crippen molar-refractivity contribution in [2.45, 2.75) is 24.8 Å². The van der Waals surface area contributed by atoms with Crippen LogP contribution in [0.2, 0.25) is 0 Å². The van der Waals surface area contributed by atoms with Crippen molar-refractivity contribution in [2.24, 2.45) is 0 Å². The van der Waals surface area contributed by atoms with Crippen LogP contribution in [0.15, 0.2) is 77.3 Å². The minimum Gasteiger partial charge on any atom is -0.378 e. The standard InChI is InChI=1S/C25H25N3OS/c1-28(2)18-11-9-16(10-12-18)25-24-21(26-19-6-3-4-7-20(19)27-25)14-17(15-22(24)29)23-8-5-13-30-23/h3-13,17,25-27H,14-15H2,1-2H3. The van der Waals surface area contributed by atoms with Crippen LogP contribution in [0.5, 0.6) is 0 Å². The quantitative estimate of drug-likeness (QED) is 0.568. The summed E-state index contributed by atoms with van der Waals surface area (Å²) in [5, 5.41) is 9.35. The van der Waals surface area contributed by atoms with Crippen molar-refractivity contribution in [3.8, 4) is 0 Å². The number of ketones is 1. The third-order valence-corrected chi connectivity index (χ3v) is 7.03. The fourth-order valence-corrected chi connectivity index (χ4v) is 5.26. The van der Waals surface area contributed by atoms with Crippen LogP contribution in [-0.2, 0) is 4.79 Å². The number of Topliss-reactive ketones (excluding diaryl/α,β-unsaturated/α-hetero) is 1. The highest BCUT2D eigenvalue weighted by Gasteiger charge is 2.36. The van der Waals surface area contributed by atoms with E-state index in [4.69, 9.17) is 0 Å². The van der Waals surface area contributed by atoms with Crippen LogP contribution in [-0.4, -0.2) is 19.9 Å². The zero-order valence-corrected chi connectivity index (χ0v) is 18.0. The first kappa shape index (κ1) is 18.9. The van der Waals surface area contributed by atoms with Gasteiger partial charge in [-0.05, 0) is 47.7 Å². The molecule has 4 nitrogen and oxygen atoms in total. The van der Waals surface area contributed by atoms with Crippen LogP contribution in [0.1, 0.15) is 35.2 Å². The zero-order chi connectivity index (χ0) is 20.7. The number of anilines is 3. The molecule has 1 aliphatic heterocycles. The summed E-state index contributed by atoms with van der Waals surface area (Å²) in [5.74, 6) is 0.468. The molecule has 2 aromatic carbocycles. The Hall–Kier alpha value is -3.05. The van der Waals surface area contributed by atoms with Gasteiger partial charge in [-0.1, -0.05) is 30.3 Å².